The SMILES string of the molecule is CC(=O)Nc1cccc(-n2cnnc2SCCCCCF)c1. The molecule has 0 spiro atoms. The van der Waals surface area contributed by atoms with Crippen molar-refractivity contribution < 1.29 is 9.18 Å². The van der Waals surface area contributed by atoms with Crippen LogP contribution >= 0.6 is 11.8 Å². The first-order valence-electron chi connectivity index (χ1n) is 7.17. The highest BCUT2D eigenvalue weighted by Gasteiger charge is 2.08. The molecular weight excluding hydrogens is 303 g/mol. The number of anilines is 1. The Balaban J connectivity index is 2.03. The first-order chi connectivity index (χ1) is 10.7. The lowest BCUT2D eigenvalue weighted by Gasteiger charge is -2.08. The van der Waals surface area contributed by atoms with Crippen molar-refractivity contribution >= 4 is 23.4 Å². The number of aromatic nitrogens is 3. The third-order valence-electron chi connectivity index (χ3n) is 2.97. The molecule has 0 radical (unpaired) electrons. The largest absolute Gasteiger partial charge is 0.326 e. The van der Waals surface area contributed by atoms with Gasteiger partial charge in [0.25, 0.3) is 0 Å². The van der Waals surface area contributed by atoms with E-state index in [0.29, 0.717) is 6.42 Å². The second-order valence-corrected chi connectivity index (χ2v) is 5.88. The minimum atomic E-state index is -0.253. The lowest BCUT2D eigenvalue weighted by Crippen LogP contribution is -2.06. The summed E-state index contributed by atoms with van der Waals surface area (Å²) in [5, 5.41) is 11.6. The van der Waals surface area contributed by atoms with E-state index in [9.17, 15) is 9.18 Å². The second-order valence-electron chi connectivity index (χ2n) is 4.81. The number of hydrogen-bond acceptors (Lipinski definition) is 4. The molecule has 0 aliphatic heterocycles. The van der Waals surface area contributed by atoms with E-state index in [1.165, 1.54) is 6.92 Å². The summed E-state index contributed by atoms with van der Waals surface area (Å²) in [5.41, 5.74) is 1.63. The number of thioether (sulfide) groups is 1. The van der Waals surface area contributed by atoms with E-state index in [1.807, 2.05) is 28.8 Å². The van der Waals surface area contributed by atoms with Crippen molar-refractivity contribution in [2.75, 3.05) is 17.7 Å². The van der Waals surface area contributed by atoms with Crippen LogP contribution in [-0.4, -0.2) is 33.1 Å². The van der Waals surface area contributed by atoms with Crippen LogP contribution in [0.5, 0.6) is 0 Å². The minimum absolute atomic E-state index is 0.108. The molecular formula is C15H19FN4OS. The van der Waals surface area contributed by atoms with Gasteiger partial charge >= 0.3 is 0 Å². The third-order valence-corrected chi connectivity index (χ3v) is 4.00. The van der Waals surface area contributed by atoms with E-state index < -0.39 is 0 Å². The number of carbonyl (C=O) groups is 1. The van der Waals surface area contributed by atoms with Crippen molar-refractivity contribution in [3.05, 3.63) is 30.6 Å². The molecule has 0 fully saturated rings. The van der Waals surface area contributed by atoms with Gasteiger partial charge in [0.05, 0.1) is 12.4 Å². The summed E-state index contributed by atoms with van der Waals surface area (Å²) in [7, 11) is 0. The zero-order chi connectivity index (χ0) is 15.8. The van der Waals surface area contributed by atoms with Gasteiger partial charge in [-0.3, -0.25) is 13.8 Å². The molecule has 0 bridgehead atoms. The zero-order valence-electron chi connectivity index (χ0n) is 12.5. The molecule has 0 unspecified atom stereocenters. The van der Waals surface area contributed by atoms with Gasteiger partial charge in [-0.15, -0.1) is 10.2 Å². The van der Waals surface area contributed by atoms with Crippen molar-refractivity contribution in [2.45, 2.75) is 31.3 Å². The van der Waals surface area contributed by atoms with Crippen molar-refractivity contribution in [1.29, 1.82) is 0 Å². The molecule has 0 saturated heterocycles. The maximum absolute atomic E-state index is 12.0. The monoisotopic (exact) mass is 322 g/mol. The van der Waals surface area contributed by atoms with Crippen LogP contribution in [0.2, 0.25) is 0 Å². The topological polar surface area (TPSA) is 59.8 Å². The zero-order valence-corrected chi connectivity index (χ0v) is 13.3. The number of carbonyl (C=O) groups excluding carboxylic acids is 1. The molecule has 2 aromatic rings. The van der Waals surface area contributed by atoms with Crippen LogP contribution < -0.4 is 5.32 Å². The van der Waals surface area contributed by atoms with Gasteiger partial charge in [0.15, 0.2) is 5.16 Å². The van der Waals surface area contributed by atoms with Gasteiger partial charge in [-0.05, 0) is 31.0 Å². The van der Waals surface area contributed by atoms with E-state index in [2.05, 4.69) is 15.5 Å². The Kier molecular flexibility index (Phi) is 6.39. The summed E-state index contributed by atoms with van der Waals surface area (Å²) in [5.74, 6) is 0.771. The second kappa shape index (κ2) is 8.53. The number of hydrogen-bond donors (Lipinski definition) is 1. The summed E-state index contributed by atoms with van der Waals surface area (Å²) >= 11 is 1.60. The predicted molar refractivity (Wildman–Crippen MR) is 86.2 cm³/mol. The van der Waals surface area contributed by atoms with Crippen molar-refractivity contribution in [1.82, 2.24) is 14.8 Å². The van der Waals surface area contributed by atoms with Crippen LogP contribution in [0.15, 0.2) is 35.7 Å². The maximum atomic E-state index is 12.0. The van der Waals surface area contributed by atoms with Crippen LogP contribution in [0.4, 0.5) is 10.1 Å². The number of rotatable bonds is 8. The fourth-order valence-corrected chi connectivity index (χ4v) is 2.90. The number of nitrogens with zero attached hydrogens (tertiary/aromatic N) is 3. The predicted octanol–water partition coefficient (Wildman–Crippen LogP) is 3.46. The molecule has 0 atom stereocenters. The minimum Gasteiger partial charge on any atom is -0.326 e. The van der Waals surface area contributed by atoms with Crippen molar-refractivity contribution in [3.8, 4) is 5.69 Å². The number of halogens is 1. The van der Waals surface area contributed by atoms with Crippen LogP contribution in [-0.2, 0) is 4.79 Å². The quantitative estimate of drug-likeness (QED) is 0.597. The molecule has 1 amide bonds. The molecule has 118 valence electrons. The molecule has 1 aromatic heterocycles. The lowest BCUT2D eigenvalue weighted by atomic mass is 10.2. The van der Waals surface area contributed by atoms with Gasteiger partial charge in [0, 0.05) is 18.4 Å². The third kappa shape index (κ3) is 4.84. The molecule has 0 aliphatic carbocycles. The Bertz CT molecular complexity index is 617. The number of unbranched alkanes of at least 4 members (excludes halogenated alkanes) is 2. The Morgan fingerprint density at radius 3 is 3.00 bits per heavy atom. The number of amides is 1. The molecule has 0 aliphatic rings. The molecule has 1 N–H and O–H groups in total. The van der Waals surface area contributed by atoms with E-state index in [4.69, 9.17) is 0 Å². The van der Waals surface area contributed by atoms with Gasteiger partial charge in [0.2, 0.25) is 5.91 Å². The van der Waals surface area contributed by atoms with Crippen molar-refractivity contribution in [3.63, 3.8) is 0 Å². The highest BCUT2D eigenvalue weighted by molar-refractivity contribution is 7.99. The summed E-state index contributed by atoms with van der Waals surface area (Å²) in [6, 6.07) is 7.51. The summed E-state index contributed by atoms with van der Waals surface area (Å²) in [6.07, 6.45) is 4.10. The fourth-order valence-electron chi connectivity index (χ4n) is 1.97. The number of alkyl halides is 1. The molecule has 7 heteroatoms. The number of nitrogens with one attached hydrogen (secondary N) is 1. The standard InChI is InChI=1S/C15H19FN4OS/c1-12(21)18-13-6-5-7-14(10-13)20-11-17-19-15(20)22-9-4-2-3-8-16/h5-7,10-11H,2-4,8-9H2,1H3,(H,18,21). The first kappa shape index (κ1) is 16.5. The van der Waals surface area contributed by atoms with Crippen LogP contribution in [0.3, 0.4) is 0 Å². The average Bonchev–Trinajstić information content (AvgIpc) is 2.95. The smallest absolute Gasteiger partial charge is 0.221 e. The van der Waals surface area contributed by atoms with Gasteiger partial charge in [-0.25, -0.2) is 0 Å². The van der Waals surface area contributed by atoms with E-state index in [1.54, 1.807) is 18.1 Å². The van der Waals surface area contributed by atoms with Gasteiger partial charge < -0.3 is 5.32 Å². The first-order valence-corrected chi connectivity index (χ1v) is 8.16. The molecule has 0 saturated carbocycles. The molecule has 1 heterocycles. The highest BCUT2D eigenvalue weighted by Crippen LogP contribution is 2.22. The van der Waals surface area contributed by atoms with Gasteiger partial charge in [-0.2, -0.15) is 0 Å². The molecule has 1 aromatic carbocycles. The fraction of sp³-hybridized carbons (Fsp3) is 0.400. The average molecular weight is 322 g/mol. The van der Waals surface area contributed by atoms with E-state index >= 15 is 0 Å². The van der Waals surface area contributed by atoms with Crippen LogP contribution in [0.1, 0.15) is 26.2 Å². The summed E-state index contributed by atoms with van der Waals surface area (Å²) in [4.78, 5) is 11.1. The van der Waals surface area contributed by atoms with E-state index in [-0.39, 0.29) is 12.6 Å². The van der Waals surface area contributed by atoms with E-state index in [0.717, 1.165) is 35.1 Å². The number of benzene rings is 1. The Labute approximate surface area is 133 Å². The maximum Gasteiger partial charge on any atom is 0.221 e. The molecule has 22 heavy (non-hydrogen) atoms. The van der Waals surface area contributed by atoms with Gasteiger partial charge in [-0.1, -0.05) is 24.2 Å². The normalized spacial score (nSPS) is 10.6. The molecule has 5 nitrogen and oxygen atoms in total. The van der Waals surface area contributed by atoms with Crippen molar-refractivity contribution in [2.24, 2.45) is 0 Å². The Hall–Kier alpha value is -1.89. The Morgan fingerprint density at radius 2 is 2.23 bits per heavy atom. The van der Waals surface area contributed by atoms with Crippen LogP contribution in [0.25, 0.3) is 5.69 Å². The lowest BCUT2D eigenvalue weighted by molar-refractivity contribution is -0.114. The van der Waals surface area contributed by atoms with Gasteiger partial charge in [0.1, 0.15) is 6.33 Å². The highest BCUT2D eigenvalue weighted by atomic mass is 32.2. The van der Waals surface area contributed by atoms with Crippen LogP contribution in [0, 0.1) is 0 Å². The molecule has 2 rings (SSSR count). The Morgan fingerprint density at radius 1 is 1.36 bits per heavy atom. The summed E-state index contributed by atoms with van der Waals surface area (Å²) < 4.78 is 13.9. The summed E-state index contributed by atoms with van der Waals surface area (Å²) in [6.45, 7) is 1.22.